The molecule has 1 nitrogen and oxygen atoms in total. The summed E-state index contributed by atoms with van der Waals surface area (Å²) in [5.74, 6) is 4.73. The number of unbranched alkanes of at least 4 members (excludes halogenated alkanes) is 2. The lowest BCUT2D eigenvalue weighted by atomic mass is 9.90. The molecule has 2 N–H and O–H groups in total. The Labute approximate surface area is 105 Å². The smallest absolute Gasteiger partial charge is 0.304 e. The molecular weight excluding hydrogens is 239 g/mol. The van der Waals surface area contributed by atoms with Crippen molar-refractivity contribution in [2.45, 2.75) is 37.9 Å². The first-order valence-corrected chi connectivity index (χ1v) is 5.83. The number of hydrogen-bond acceptors (Lipinski definition) is 1. The highest BCUT2D eigenvalue weighted by molar-refractivity contribution is 5.36. The molecule has 18 heavy (non-hydrogen) atoms. The zero-order valence-electron chi connectivity index (χ0n) is 10.2. The third-order valence-electron chi connectivity index (χ3n) is 2.62. The molecule has 0 aliphatic carbocycles. The van der Waals surface area contributed by atoms with E-state index in [1.54, 1.807) is 6.07 Å². The molecule has 0 bridgehead atoms. The molecule has 1 atom stereocenters. The Hall–Kier alpha value is -1.47. The molecule has 0 aliphatic heterocycles. The van der Waals surface area contributed by atoms with Gasteiger partial charge in [0.2, 0.25) is 0 Å². The van der Waals surface area contributed by atoms with Gasteiger partial charge in [-0.15, -0.1) is 5.92 Å². The van der Waals surface area contributed by atoms with Gasteiger partial charge >= 0.3 is 6.18 Å². The summed E-state index contributed by atoms with van der Waals surface area (Å²) in [7, 11) is 0. The number of benzene rings is 1. The van der Waals surface area contributed by atoms with Crippen LogP contribution in [0.2, 0.25) is 0 Å². The van der Waals surface area contributed by atoms with E-state index in [0.717, 1.165) is 12.8 Å². The van der Waals surface area contributed by atoms with Crippen LogP contribution in [0.5, 0.6) is 0 Å². The monoisotopic (exact) mass is 255 g/mol. The van der Waals surface area contributed by atoms with Crippen LogP contribution in [-0.2, 0) is 5.54 Å². The summed E-state index contributed by atoms with van der Waals surface area (Å²) in [6.45, 7) is 1.96. The summed E-state index contributed by atoms with van der Waals surface area (Å²) in [6, 6.07) is 7.39. The van der Waals surface area contributed by atoms with Crippen molar-refractivity contribution in [1.29, 1.82) is 0 Å². The van der Waals surface area contributed by atoms with E-state index in [4.69, 9.17) is 5.73 Å². The number of hydrogen-bond donors (Lipinski definition) is 1. The Balaban J connectivity index is 3.07. The fraction of sp³-hybridized carbons (Fsp3) is 0.429. The predicted molar refractivity (Wildman–Crippen MR) is 65.7 cm³/mol. The number of nitrogens with two attached hydrogens (primary N) is 1. The SMILES string of the molecule is CCCCC#CC(N)(c1ccccc1)C(F)(F)F. The summed E-state index contributed by atoms with van der Waals surface area (Å²) in [6.07, 6.45) is -2.49. The molecule has 0 radical (unpaired) electrons. The largest absolute Gasteiger partial charge is 0.422 e. The number of halogens is 3. The second kappa shape index (κ2) is 5.92. The fourth-order valence-corrected chi connectivity index (χ4v) is 1.47. The fourth-order valence-electron chi connectivity index (χ4n) is 1.47. The van der Waals surface area contributed by atoms with Crippen LogP contribution >= 0.6 is 0 Å². The molecule has 1 unspecified atom stereocenters. The van der Waals surface area contributed by atoms with Crippen LogP contribution in [0.3, 0.4) is 0 Å². The van der Waals surface area contributed by atoms with Gasteiger partial charge in [0.1, 0.15) is 0 Å². The van der Waals surface area contributed by atoms with Gasteiger partial charge in [-0.3, -0.25) is 0 Å². The Morgan fingerprint density at radius 3 is 2.28 bits per heavy atom. The Bertz CT molecular complexity index is 428. The minimum absolute atomic E-state index is 0.0264. The van der Waals surface area contributed by atoms with Gasteiger partial charge in [0, 0.05) is 6.42 Å². The average Bonchev–Trinajstić information content (AvgIpc) is 2.34. The zero-order valence-corrected chi connectivity index (χ0v) is 10.2. The molecule has 0 saturated carbocycles. The molecule has 0 aliphatic rings. The molecule has 1 rings (SSSR count). The van der Waals surface area contributed by atoms with E-state index in [0.29, 0.717) is 6.42 Å². The molecule has 98 valence electrons. The maximum Gasteiger partial charge on any atom is 0.422 e. The van der Waals surface area contributed by atoms with Gasteiger partial charge in [-0.05, 0) is 12.0 Å². The van der Waals surface area contributed by atoms with Gasteiger partial charge in [-0.25, -0.2) is 0 Å². The first-order chi connectivity index (χ1) is 8.42. The third kappa shape index (κ3) is 3.27. The minimum atomic E-state index is -4.59. The second-order valence-electron chi connectivity index (χ2n) is 4.08. The molecule has 0 saturated heterocycles. The van der Waals surface area contributed by atoms with E-state index >= 15 is 0 Å². The number of rotatable bonds is 3. The van der Waals surface area contributed by atoms with Gasteiger partial charge in [0.05, 0.1) is 0 Å². The van der Waals surface area contributed by atoms with Crippen LogP contribution < -0.4 is 5.73 Å². The molecule has 1 aromatic rings. The molecule has 4 heteroatoms. The van der Waals surface area contributed by atoms with Crippen LogP contribution in [0, 0.1) is 11.8 Å². The maximum absolute atomic E-state index is 13.1. The number of alkyl halides is 3. The van der Waals surface area contributed by atoms with Crippen molar-refractivity contribution in [3.8, 4) is 11.8 Å². The van der Waals surface area contributed by atoms with Crippen LogP contribution in [-0.4, -0.2) is 6.18 Å². The lowest BCUT2D eigenvalue weighted by molar-refractivity contribution is -0.171. The normalized spacial score (nSPS) is 14.5. The minimum Gasteiger partial charge on any atom is -0.304 e. The topological polar surface area (TPSA) is 26.0 Å². The van der Waals surface area contributed by atoms with Crippen molar-refractivity contribution in [3.05, 3.63) is 35.9 Å². The molecule has 0 aromatic heterocycles. The van der Waals surface area contributed by atoms with Crippen molar-refractivity contribution in [2.75, 3.05) is 0 Å². The van der Waals surface area contributed by atoms with Gasteiger partial charge in [-0.1, -0.05) is 49.6 Å². The Kier molecular flexibility index (Phi) is 4.80. The molecule has 0 heterocycles. The lowest BCUT2D eigenvalue weighted by Crippen LogP contribution is -2.49. The lowest BCUT2D eigenvalue weighted by Gasteiger charge is -2.27. The highest BCUT2D eigenvalue weighted by Crippen LogP contribution is 2.36. The van der Waals surface area contributed by atoms with E-state index in [1.165, 1.54) is 24.3 Å². The molecule has 0 amide bonds. The highest BCUT2D eigenvalue weighted by Gasteiger charge is 2.52. The molecular formula is C14H16F3N. The summed E-state index contributed by atoms with van der Waals surface area (Å²) in [5.41, 5.74) is 2.87. The van der Waals surface area contributed by atoms with Crippen molar-refractivity contribution in [3.63, 3.8) is 0 Å². The maximum atomic E-state index is 13.1. The van der Waals surface area contributed by atoms with Crippen molar-refractivity contribution >= 4 is 0 Å². The standard InChI is InChI=1S/C14H16F3N/c1-2-3-4-8-11-13(18,14(15,16)17)12-9-6-5-7-10-12/h5-7,9-10H,2-4,18H2,1H3. The second-order valence-corrected chi connectivity index (χ2v) is 4.08. The predicted octanol–water partition coefficient (Wildman–Crippen LogP) is 3.60. The van der Waals surface area contributed by atoms with Crippen LogP contribution in [0.25, 0.3) is 0 Å². The van der Waals surface area contributed by atoms with E-state index in [2.05, 4.69) is 11.8 Å². The average molecular weight is 255 g/mol. The summed E-state index contributed by atoms with van der Waals surface area (Å²) in [4.78, 5) is 0. The van der Waals surface area contributed by atoms with Gasteiger partial charge in [0.15, 0.2) is 5.54 Å². The molecule has 0 fully saturated rings. The first-order valence-electron chi connectivity index (χ1n) is 5.83. The van der Waals surface area contributed by atoms with Gasteiger partial charge < -0.3 is 5.73 Å². The quantitative estimate of drug-likeness (QED) is 0.648. The molecule has 1 aromatic carbocycles. The van der Waals surface area contributed by atoms with E-state index in [-0.39, 0.29) is 5.56 Å². The van der Waals surface area contributed by atoms with Crippen LogP contribution in [0.4, 0.5) is 13.2 Å². The highest BCUT2D eigenvalue weighted by atomic mass is 19.4. The molecule has 0 spiro atoms. The van der Waals surface area contributed by atoms with E-state index < -0.39 is 11.7 Å². The first kappa shape index (κ1) is 14.6. The van der Waals surface area contributed by atoms with E-state index in [1.807, 2.05) is 6.92 Å². The Morgan fingerprint density at radius 1 is 1.17 bits per heavy atom. The van der Waals surface area contributed by atoms with Gasteiger partial charge in [-0.2, -0.15) is 13.2 Å². The van der Waals surface area contributed by atoms with E-state index in [9.17, 15) is 13.2 Å². The third-order valence-corrected chi connectivity index (χ3v) is 2.62. The van der Waals surface area contributed by atoms with Gasteiger partial charge in [0.25, 0.3) is 0 Å². The summed E-state index contributed by atoms with van der Waals surface area (Å²) >= 11 is 0. The van der Waals surface area contributed by atoms with Crippen LogP contribution in [0.15, 0.2) is 30.3 Å². The summed E-state index contributed by atoms with van der Waals surface area (Å²) in [5, 5.41) is 0. The van der Waals surface area contributed by atoms with Crippen molar-refractivity contribution < 1.29 is 13.2 Å². The zero-order chi connectivity index (χ0) is 13.6. The van der Waals surface area contributed by atoms with Crippen molar-refractivity contribution in [2.24, 2.45) is 5.73 Å². The Morgan fingerprint density at radius 2 is 1.78 bits per heavy atom. The van der Waals surface area contributed by atoms with Crippen LogP contribution in [0.1, 0.15) is 31.7 Å². The van der Waals surface area contributed by atoms with Crippen molar-refractivity contribution in [1.82, 2.24) is 0 Å². The summed E-state index contributed by atoms with van der Waals surface area (Å²) < 4.78 is 39.2.